The molecule has 2 aromatic carbocycles. The second kappa shape index (κ2) is 10.7. The van der Waals surface area contributed by atoms with Crippen LogP contribution in [0.3, 0.4) is 0 Å². The van der Waals surface area contributed by atoms with Gasteiger partial charge in [0.1, 0.15) is 5.75 Å². The Morgan fingerprint density at radius 3 is 2.39 bits per heavy atom. The summed E-state index contributed by atoms with van der Waals surface area (Å²) in [7, 11) is 1.61. The van der Waals surface area contributed by atoms with Crippen LogP contribution in [0.25, 0.3) is 0 Å². The van der Waals surface area contributed by atoms with Crippen molar-refractivity contribution in [3.63, 3.8) is 0 Å². The van der Waals surface area contributed by atoms with Gasteiger partial charge in [-0.3, -0.25) is 9.59 Å². The summed E-state index contributed by atoms with van der Waals surface area (Å²) in [5.41, 5.74) is 2.62. The topological polar surface area (TPSA) is 71.9 Å². The smallest absolute Gasteiger partial charge is 0.279 e. The van der Waals surface area contributed by atoms with Crippen molar-refractivity contribution in [2.24, 2.45) is 0 Å². The summed E-state index contributed by atoms with van der Waals surface area (Å²) in [6.45, 7) is 5.39. The summed E-state index contributed by atoms with van der Waals surface area (Å²) in [5, 5.41) is 6.33. The SMILES string of the molecule is CC[NH+](CC(=O)NCc1ccc(OC)cc1)CC(=O)Nc1cc(Cl)ccc1C. The number of anilines is 1. The van der Waals surface area contributed by atoms with Gasteiger partial charge in [0.15, 0.2) is 13.1 Å². The van der Waals surface area contributed by atoms with Crippen molar-refractivity contribution in [2.75, 3.05) is 32.1 Å². The highest BCUT2D eigenvalue weighted by atomic mass is 35.5. The van der Waals surface area contributed by atoms with Gasteiger partial charge in [-0.1, -0.05) is 29.8 Å². The number of likely N-dealkylation sites (N-methyl/N-ethyl adjacent to an activating group) is 1. The molecular formula is C21H27ClN3O3+. The predicted molar refractivity (Wildman–Crippen MR) is 111 cm³/mol. The van der Waals surface area contributed by atoms with E-state index in [1.54, 1.807) is 19.2 Å². The van der Waals surface area contributed by atoms with E-state index in [2.05, 4.69) is 10.6 Å². The number of carbonyl (C=O) groups excluding carboxylic acids is 2. The second-order valence-corrected chi connectivity index (χ2v) is 7.03. The lowest BCUT2D eigenvalue weighted by Gasteiger charge is -2.17. The number of halogens is 1. The van der Waals surface area contributed by atoms with Crippen LogP contribution in [-0.4, -0.2) is 38.6 Å². The van der Waals surface area contributed by atoms with Crippen molar-refractivity contribution in [3.8, 4) is 5.75 Å². The van der Waals surface area contributed by atoms with Crippen LogP contribution in [-0.2, 0) is 16.1 Å². The lowest BCUT2D eigenvalue weighted by atomic mass is 10.2. The van der Waals surface area contributed by atoms with E-state index in [1.165, 1.54) is 0 Å². The van der Waals surface area contributed by atoms with Crippen molar-refractivity contribution >= 4 is 29.1 Å². The Hall–Kier alpha value is -2.57. The summed E-state index contributed by atoms with van der Waals surface area (Å²) >= 11 is 5.99. The number of quaternary nitrogens is 1. The average molecular weight is 405 g/mol. The van der Waals surface area contributed by atoms with Gasteiger partial charge in [-0.05, 0) is 49.2 Å². The quantitative estimate of drug-likeness (QED) is 0.597. The Kier molecular flexibility index (Phi) is 8.29. The van der Waals surface area contributed by atoms with Crippen LogP contribution < -0.4 is 20.3 Å². The van der Waals surface area contributed by atoms with E-state index in [1.807, 2.05) is 44.2 Å². The lowest BCUT2D eigenvalue weighted by Crippen LogP contribution is -3.14. The number of hydrogen-bond acceptors (Lipinski definition) is 3. The van der Waals surface area contributed by atoms with Gasteiger partial charge in [0.05, 0.1) is 13.7 Å². The lowest BCUT2D eigenvalue weighted by molar-refractivity contribution is -0.881. The molecule has 6 nitrogen and oxygen atoms in total. The molecule has 1 unspecified atom stereocenters. The zero-order chi connectivity index (χ0) is 20.5. The summed E-state index contributed by atoms with van der Waals surface area (Å²) < 4.78 is 5.12. The maximum Gasteiger partial charge on any atom is 0.279 e. The van der Waals surface area contributed by atoms with Crippen molar-refractivity contribution in [2.45, 2.75) is 20.4 Å². The molecule has 2 amide bonds. The third kappa shape index (κ3) is 6.87. The Bertz CT molecular complexity index is 809. The molecule has 2 aromatic rings. The monoisotopic (exact) mass is 404 g/mol. The fraction of sp³-hybridized carbons (Fsp3) is 0.333. The van der Waals surface area contributed by atoms with Gasteiger partial charge in [-0.2, -0.15) is 0 Å². The Morgan fingerprint density at radius 2 is 1.75 bits per heavy atom. The summed E-state index contributed by atoms with van der Waals surface area (Å²) in [4.78, 5) is 25.5. The number of methoxy groups -OCH3 is 1. The number of ether oxygens (including phenoxy) is 1. The largest absolute Gasteiger partial charge is 0.497 e. The van der Waals surface area contributed by atoms with Crippen LogP contribution in [0.5, 0.6) is 5.75 Å². The molecular weight excluding hydrogens is 378 g/mol. The highest BCUT2D eigenvalue weighted by Crippen LogP contribution is 2.19. The Balaban J connectivity index is 1.82. The third-order valence-electron chi connectivity index (χ3n) is 4.44. The summed E-state index contributed by atoms with van der Waals surface area (Å²) in [6, 6.07) is 12.9. The predicted octanol–water partition coefficient (Wildman–Crippen LogP) is 1.82. The highest BCUT2D eigenvalue weighted by Gasteiger charge is 2.17. The van der Waals surface area contributed by atoms with E-state index >= 15 is 0 Å². The van der Waals surface area contributed by atoms with E-state index in [0.717, 1.165) is 21.8 Å². The molecule has 0 bridgehead atoms. The van der Waals surface area contributed by atoms with Crippen molar-refractivity contribution in [1.82, 2.24) is 5.32 Å². The number of benzene rings is 2. The van der Waals surface area contributed by atoms with Crippen LogP contribution in [0.1, 0.15) is 18.1 Å². The molecule has 1 atom stereocenters. The number of amides is 2. The van der Waals surface area contributed by atoms with E-state index in [9.17, 15) is 9.59 Å². The third-order valence-corrected chi connectivity index (χ3v) is 4.68. The van der Waals surface area contributed by atoms with Gasteiger partial charge in [0, 0.05) is 17.3 Å². The van der Waals surface area contributed by atoms with Crippen molar-refractivity contribution < 1.29 is 19.2 Å². The molecule has 2 rings (SSSR count). The van der Waals surface area contributed by atoms with Crippen LogP contribution in [0.2, 0.25) is 5.02 Å². The number of carbonyl (C=O) groups is 2. The molecule has 150 valence electrons. The van der Waals surface area contributed by atoms with Crippen LogP contribution in [0, 0.1) is 6.92 Å². The molecule has 0 aliphatic heterocycles. The van der Waals surface area contributed by atoms with E-state index in [-0.39, 0.29) is 24.9 Å². The molecule has 0 saturated carbocycles. The molecule has 3 N–H and O–H groups in total. The molecule has 0 heterocycles. The number of aryl methyl sites for hydroxylation is 1. The maximum atomic E-state index is 12.3. The van der Waals surface area contributed by atoms with Gasteiger partial charge in [0.2, 0.25) is 0 Å². The first-order chi connectivity index (χ1) is 13.4. The van der Waals surface area contributed by atoms with Crippen molar-refractivity contribution in [1.29, 1.82) is 0 Å². The molecule has 7 heteroatoms. The maximum absolute atomic E-state index is 12.3. The molecule has 0 aliphatic rings. The van der Waals surface area contributed by atoms with E-state index < -0.39 is 0 Å². The molecule has 0 saturated heterocycles. The molecule has 0 radical (unpaired) electrons. The average Bonchev–Trinajstić information content (AvgIpc) is 2.69. The van der Waals surface area contributed by atoms with Crippen LogP contribution in [0.4, 0.5) is 5.69 Å². The zero-order valence-electron chi connectivity index (χ0n) is 16.5. The number of hydrogen-bond donors (Lipinski definition) is 3. The van der Waals surface area contributed by atoms with Gasteiger partial charge >= 0.3 is 0 Å². The first-order valence-electron chi connectivity index (χ1n) is 9.20. The molecule has 0 spiro atoms. The second-order valence-electron chi connectivity index (χ2n) is 6.59. The first-order valence-corrected chi connectivity index (χ1v) is 9.58. The minimum atomic E-state index is -0.148. The van der Waals surface area contributed by atoms with Gasteiger partial charge in [-0.25, -0.2) is 0 Å². The van der Waals surface area contributed by atoms with Crippen molar-refractivity contribution in [3.05, 3.63) is 58.6 Å². The zero-order valence-corrected chi connectivity index (χ0v) is 17.2. The van der Waals surface area contributed by atoms with E-state index in [0.29, 0.717) is 23.8 Å². The van der Waals surface area contributed by atoms with Gasteiger partial charge < -0.3 is 20.3 Å². The highest BCUT2D eigenvalue weighted by molar-refractivity contribution is 6.31. The van der Waals surface area contributed by atoms with Crippen LogP contribution in [0.15, 0.2) is 42.5 Å². The normalized spacial score (nSPS) is 11.6. The first kappa shape index (κ1) is 21.7. The molecule has 0 fully saturated rings. The minimum Gasteiger partial charge on any atom is -0.497 e. The summed E-state index contributed by atoms with van der Waals surface area (Å²) in [6.07, 6.45) is 0. The Morgan fingerprint density at radius 1 is 1.07 bits per heavy atom. The Labute approximate surface area is 170 Å². The van der Waals surface area contributed by atoms with E-state index in [4.69, 9.17) is 16.3 Å². The molecule has 0 aromatic heterocycles. The standard InChI is InChI=1S/C21H26ClN3O3/c1-4-25(14-21(27)24-19-11-17(22)8-5-15(19)2)13-20(26)23-12-16-6-9-18(28-3)10-7-16/h5-11H,4,12-14H2,1-3H3,(H,23,26)(H,24,27)/p+1. The minimum absolute atomic E-state index is 0.0978. The van der Waals surface area contributed by atoms with Gasteiger partial charge in [0.25, 0.3) is 11.8 Å². The number of rotatable bonds is 9. The fourth-order valence-electron chi connectivity index (χ4n) is 2.70. The molecule has 28 heavy (non-hydrogen) atoms. The van der Waals surface area contributed by atoms with Crippen LogP contribution >= 0.6 is 11.6 Å². The molecule has 0 aliphatic carbocycles. The summed E-state index contributed by atoms with van der Waals surface area (Å²) in [5.74, 6) is 0.530. The fourth-order valence-corrected chi connectivity index (χ4v) is 2.87. The van der Waals surface area contributed by atoms with Gasteiger partial charge in [-0.15, -0.1) is 0 Å². The number of nitrogens with one attached hydrogen (secondary N) is 3.